The molecular weight excluding hydrogens is 307 g/mol. The molecular formula is C9H5Cl3N2O2S. The fourth-order valence-electron chi connectivity index (χ4n) is 1.29. The fourth-order valence-corrected chi connectivity index (χ4v) is 2.51. The third-order valence-electron chi connectivity index (χ3n) is 2.01. The number of halogens is 3. The van der Waals surface area contributed by atoms with Gasteiger partial charge >= 0.3 is 0 Å². The standard InChI is InChI=1S/C9H5Cl3N2O2S/c10-7-2-1-6(5-8(7)11)14-9(3-4-13-14)17(12,15)16/h1-5H. The first-order valence-electron chi connectivity index (χ1n) is 4.34. The Morgan fingerprint density at radius 1 is 1.12 bits per heavy atom. The number of hydrogen-bond acceptors (Lipinski definition) is 3. The van der Waals surface area contributed by atoms with Gasteiger partial charge in [-0.1, -0.05) is 23.2 Å². The Morgan fingerprint density at radius 2 is 1.82 bits per heavy atom. The second-order valence-electron chi connectivity index (χ2n) is 3.12. The summed E-state index contributed by atoms with van der Waals surface area (Å²) in [6.45, 7) is 0. The SMILES string of the molecule is O=S(=O)(Cl)c1ccnn1-c1ccc(Cl)c(Cl)c1. The largest absolute Gasteiger partial charge is 0.278 e. The van der Waals surface area contributed by atoms with E-state index < -0.39 is 9.05 Å². The summed E-state index contributed by atoms with van der Waals surface area (Å²) in [6, 6.07) is 5.94. The van der Waals surface area contributed by atoms with Crippen molar-refractivity contribution in [1.29, 1.82) is 0 Å². The molecule has 0 fully saturated rings. The molecule has 0 aliphatic carbocycles. The van der Waals surface area contributed by atoms with E-state index >= 15 is 0 Å². The van der Waals surface area contributed by atoms with Gasteiger partial charge in [-0.15, -0.1) is 0 Å². The maximum absolute atomic E-state index is 11.3. The van der Waals surface area contributed by atoms with Crippen LogP contribution >= 0.6 is 33.9 Å². The number of rotatable bonds is 2. The first kappa shape index (κ1) is 12.7. The van der Waals surface area contributed by atoms with Crippen molar-refractivity contribution in [3.05, 3.63) is 40.5 Å². The van der Waals surface area contributed by atoms with Gasteiger partial charge in [-0.25, -0.2) is 13.1 Å². The predicted molar refractivity (Wildman–Crippen MR) is 66.6 cm³/mol. The van der Waals surface area contributed by atoms with E-state index in [1.807, 2.05) is 0 Å². The lowest BCUT2D eigenvalue weighted by molar-refractivity contribution is 0.600. The summed E-state index contributed by atoms with van der Waals surface area (Å²) >= 11 is 11.6. The van der Waals surface area contributed by atoms with Crippen LogP contribution in [0.2, 0.25) is 10.0 Å². The number of benzene rings is 1. The summed E-state index contributed by atoms with van der Waals surface area (Å²) in [6.07, 6.45) is 1.33. The molecule has 2 rings (SSSR count). The van der Waals surface area contributed by atoms with Crippen LogP contribution in [0.25, 0.3) is 5.69 Å². The van der Waals surface area contributed by atoms with Crippen LogP contribution in [0.1, 0.15) is 0 Å². The van der Waals surface area contributed by atoms with Gasteiger partial charge in [0.2, 0.25) is 0 Å². The van der Waals surface area contributed by atoms with Gasteiger partial charge in [-0.2, -0.15) is 5.10 Å². The molecule has 17 heavy (non-hydrogen) atoms. The van der Waals surface area contributed by atoms with Crippen molar-refractivity contribution >= 4 is 42.9 Å². The highest BCUT2D eigenvalue weighted by Gasteiger charge is 2.17. The molecule has 2 aromatic rings. The van der Waals surface area contributed by atoms with Crippen LogP contribution in [0.3, 0.4) is 0 Å². The monoisotopic (exact) mass is 310 g/mol. The molecule has 0 spiro atoms. The molecule has 1 aromatic heterocycles. The highest BCUT2D eigenvalue weighted by atomic mass is 35.7. The maximum Gasteiger partial charge on any atom is 0.278 e. The van der Waals surface area contributed by atoms with Crippen LogP contribution in [0.4, 0.5) is 0 Å². The average Bonchev–Trinajstić information content (AvgIpc) is 2.70. The summed E-state index contributed by atoms with van der Waals surface area (Å²) < 4.78 is 23.7. The summed E-state index contributed by atoms with van der Waals surface area (Å²) in [4.78, 5) is 0. The molecule has 0 aliphatic heterocycles. The first-order chi connectivity index (χ1) is 7.89. The molecule has 0 amide bonds. The third-order valence-corrected chi connectivity index (χ3v) is 4.03. The molecule has 1 heterocycles. The Labute approximate surface area is 112 Å². The summed E-state index contributed by atoms with van der Waals surface area (Å²) in [7, 11) is 1.41. The van der Waals surface area contributed by atoms with Crippen LogP contribution in [0.15, 0.2) is 35.5 Å². The highest BCUT2D eigenvalue weighted by molar-refractivity contribution is 8.13. The zero-order valence-corrected chi connectivity index (χ0v) is 11.2. The van der Waals surface area contributed by atoms with Gasteiger partial charge in [0.1, 0.15) is 0 Å². The molecule has 0 saturated heterocycles. The van der Waals surface area contributed by atoms with E-state index in [4.69, 9.17) is 33.9 Å². The first-order valence-corrected chi connectivity index (χ1v) is 7.40. The molecule has 0 atom stereocenters. The van der Waals surface area contributed by atoms with Crippen molar-refractivity contribution in [3.8, 4) is 5.69 Å². The Balaban J connectivity index is 2.62. The molecule has 90 valence electrons. The van der Waals surface area contributed by atoms with Crippen LogP contribution in [0, 0.1) is 0 Å². The van der Waals surface area contributed by atoms with E-state index in [0.717, 1.165) is 0 Å². The van der Waals surface area contributed by atoms with Crippen LogP contribution in [-0.4, -0.2) is 18.2 Å². The summed E-state index contributed by atoms with van der Waals surface area (Å²) in [5.41, 5.74) is 0.462. The van der Waals surface area contributed by atoms with Crippen LogP contribution < -0.4 is 0 Å². The summed E-state index contributed by atoms with van der Waals surface area (Å²) in [5.74, 6) is 0. The lowest BCUT2D eigenvalue weighted by Gasteiger charge is -2.06. The number of hydrogen-bond donors (Lipinski definition) is 0. The van der Waals surface area contributed by atoms with Crippen LogP contribution in [0.5, 0.6) is 0 Å². The van der Waals surface area contributed by atoms with Gasteiger partial charge in [0.25, 0.3) is 9.05 Å². The predicted octanol–water partition coefficient (Wildman–Crippen LogP) is 3.11. The van der Waals surface area contributed by atoms with Crippen LogP contribution in [-0.2, 0) is 9.05 Å². The Bertz CT molecular complexity index is 667. The van der Waals surface area contributed by atoms with Crippen molar-refractivity contribution in [1.82, 2.24) is 9.78 Å². The van der Waals surface area contributed by atoms with E-state index in [2.05, 4.69) is 5.10 Å². The van der Waals surface area contributed by atoms with E-state index in [1.165, 1.54) is 23.0 Å². The lowest BCUT2D eigenvalue weighted by atomic mass is 10.3. The minimum absolute atomic E-state index is 0.127. The molecule has 0 N–H and O–H groups in total. The Hall–Kier alpha value is -0.750. The minimum Gasteiger partial charge on any atom is -0.221 e. The smallest absolute Gasteiger partial charge is 0.221 e. The quantitative estimate of drug-likeness (QED) is 0.801. The third kappa shape index (κ3) is 2.57. The topological polar surface area (TPSA) is 52.0 Å². The Morgan fingerprint density at radius 3 is 2.41 bits per heavy atom. The highest BCUT2D eigenvalue weighted by Crippen LogP contribution is 2.26. The lowest BCUT2D eigenvalue weighted by Crippen LogP contribution is -2.04. The van der Waals surface area contributed by atoms with Gasteiger partial charge in [0, 0.05) is 10.7 Å². The number of nitrogens with zero attached hydrogens (tertiary/aromatic N) is 2. The van der Waals surface area contributed by atoms with E-state index in [1.54, 1.807) is 12.1 Å². The second-order valence-corrected chi connectivity index (χ2v) is 6.44. The van der Waals surface area contributed by atoms with Gasteiger partial charge in [-0.3, -0.25) is 0 Å². The van der Waals surface area contributed by atoms with E-state index in [-0.39, 0.29) is 5.03 Å². The normalized spacial score (nSPS) is 11.7. The zero-order valence-electron chi connectivity index (χ0n) is 8.14. The molecule has 4 nitrogen and oxygen atoms in total. The fraction of sp³-hybridized carbons (Fsp3) is 0. The molecule has 8 heteroatoms. The molecule has 0 radical (unpaired) electrons. The molecule has 0 saturated carbocycles. The zero-order chi connectivity index (χ0) is 12.6. The van der Waals surface area contributed by atoms with Gasteiger partial charge in [-0.05, 0) is 24.3 Å². The average molecular weight is 312 g/mol. The van der Waals surface area contributed by atoms with Crippen molar-refractivity contribution in [3.63, 3.8) is 0 Å². The molecule has 0 aliphatic rings. The molecule has 0 unspecified atom stereocenters. The number of aromatic nitrogens is 2. The second kappa shape index (κ2) is 4.49. The molecule has 1 aromatic carbocycles. The molecule has 0 bridgehead atoms. The minimum atomic E-state index is -3.86. The van der Waals surface area contributed by atoms with E-state index in [0.29, 0.717) is 15.7 Å². The van der Waals surface area contributed by atoms with Crippen molar-refractivity contribution < 1.29 is 8.42 Å². The van der Waals surface area contributed by atoms with Crippen molar-refractivity contribution in [2.45, 2.75) is 5.03 Å². The Kier molecular flexibility index (Phi) is 3.36. The maximum atomic E-state index is 11.3. The van der Waals surface area contributed by atoms with Crippen molar-refractivity contribution in [2.24, 2.45) is 0 Å². The van der Waals surface area contributed by atoms with Gasteiger partial charge < -0.3 is 0 Å². The summed E-state index contributed by atoms with van der Waals surface area (Å²) in [5, 5.41) is 4.42. The van der Waals surface area contributed by atoms with Gasteiger partial charge in [0.15, 0.2) is 5.03 Å². The van der Waals surface area contributed by atoms with Crippen molar-refractivity contribution in [2.75, 3.05) is 0 Å². The van der Waals surface area contributed by atoms with Gasteiger partial charge in [0.05, 0.1) is 21.9 Å². The van der Waals surface area contributed by atoms with E-state index in [9.17, 15) is 8.42 Å².